The minimum absolute atomic E-state index is 0.332. The number of methoxy groups -OCH3 is 1. The van der Waals surface area contributed by atoms with E-state index < -0.39 is 0 Å². The molecular weight excluding hydrogens is 242 g/mol. The van der Waals surface area contributed by atoms with Crippen molar-refractivity contribution in [2.75, 3.05) is 32.6 Å². The van der Waals surface area contributed by atoms with Gasteiger partial charge in [-0.25, -0.2) is 9.78 Å². The lowest BCUT2D eigenvalue weighted by Gasteiger charge is -2.35. The zero-order valence-corrected chi connectivity index (χ0v) is 11.7. The van der Waals surface area contributed by atoms with Crippen LogP contribution in [0.15, 0.2) is 18.3 Å². The van der Waals surface area contributed by atoms with E-state index in [1.165, 1.54) is 7.11 Å². The fraction of sp³-hybridized carbons (Fsp3) is 0.571. The van der Waals surface area contributed by atoms with Crippen LogP contribution in [0.3, 0.4) is 0 Å². The molecule has 1 N–H and O–H groups in total. The largest absolute Gasteiger partial charge is 0.465 e. The third kappa shape index (κ3) is 3.44. The van der Waals surface area contributed by atoms with E-state index in [0.717, 1.165) is 25.3 Å². The maximum atomic E-state index is 11.5. The van der Waals surface area contributed by atoms with Gasteiger partial charge in [-0.3, -0.25) is 0 Å². The average Bonchev–Trinajstić information content (AvgIpc) is 2.41. The monoisotopic (exact) mass is 263 g/mol. The smallest absolute Gasteiger partial charge is 0.338 e. The summed E-state index contributed by atoms with van der Waals surface area (Å²) in [7, 11) is 3.53. The minimum atomic E-state index is -0.332. The Morgan fingerprint density at radius 2 is 2.37 bits per heavy atom. The molecule has 0 aliphatic carbocycles. The highest BCUT2D eigenvalue weighted by atomic mass is 16.5. The molecule has 5 heteroatoms. The number of hydrogen-bond donors (Lipinski definition) is 1. The lowest BCUT2D eigenvalue weighted by atomic mass is 9.94. The van der Waals surface area contributed by atoms with Crippen LogP contribution < -0.4 is 5.32 Å². The van der Waals surface area contributed by atoms with E-state index in [4.69, 9.17) is 4.74 Å². The highest BCUT2D eigenvalue weighted by Crippen LogP contribution is 2.20. The number of nitrogens with one attached hydrogen (secondary N) is 1. The molecule has 2 unspecified atom stereocenters. The summed E-state index contributed by atoms with van der Waals surface area (Å²) in [6.45, 7) is 4.39. The van der Waals surface area contributed by atoms with Gasteiger partial charge < -0.3 is 15.0 Å². The van der Waals surface area contributed by atoms with Crippen LogP contribution in [-0.4, -0.2) is 49.1 Å². The number of carbonyl (C=O) groups excluding carboxylic acids is 1. The summed E-state index contributed by atoms with van der Waals surface area (Å²) in [5.74, 6) is 0.966. The maximum absolute atomic E-state index is 11.5. The van der Waals surface area contributed by atoms with Gasteiger partial charge in [0.25, 0.3) is 0 Å². The number of esters is 1. The Kier molecular flexibility index (Phi) is 4.37. The molecule has 1 aromatic rings. The number of carbonyl (C=O) groups is 1. The second kappa shape index (κ2) is 6.02. The highest BCUT2D eigenvalue weighted by Gasteiger charge is 2.24. The van der Waals surface area contributed by atoms with Gasteiger partial charge in [-0.05, 0) is 38.1 Å². The number of likely N-dealkylation sites (tertiary alicyclic amines) is 1. The summed E-state index contributed by atoms with van der Waals surface area (Å²) in [6.07, 6.45) is 2.72. The molecule has 1 aliphatic rings. The highest BCUT2D eigenvalue weighted by molar-refractivity contribution is 5.89. The van der Waals surface area contributed by atoms with Crippen LogP contribution in [0.25, 0.3) is 0 Å². The summed E-state index contributed by atoms with van der Waals surface area (Å²) >= 11 is 0. The molecular formula is C14H21N3O2. The molecule has 0 amide bonds. The van der Waals surface area contributed by atoms with Crippen molar-refractivity contribution in [3.05, 3.63) is 23.9 Å². The Hall–Kier alpha value is -1.62. The second-order valence-corrected chi connectivity index (χ2v) is 5.20. The number of ether oxygens (including phenoxy) is 1. The Labute approximate surface area is 114 Å². The molecule has 104 valence electrons. The van der Waals surface area contributed by atoms with Crippen molar-refractivity contribution in [3.63, 3.8) is 0 Å². The van der Waals surface area contributed by atoms with Gasteiger partial charge >= 0.3 is 5.97 Å². The van der Waals surface area contributed by atoms with E-state index in [1.807, 2.05) is 0 Å². The van der Waals surface area contributed by atoms with Gasteiger partial charge in [-0.15, -0.1) is 0 Å². The van der Waals surface area contributed by atoms with Crippen LogP contribution in [0.1, 0.15) is 23.7 Å². The number of anilines is 1. The standard InChI is InChI=1S/C14H21N3O2/c1-10-9-17(2)7-5-12(10)16-13-8-11(4-6-15-13)14(18)19-3/h4,6,8,10,12H,5,7,9H2,1-3H3,(H,15,16). The molecule has 19 heavy (non-hydrogen) atoms. The molecule has 2 heterocycles. The van der Waals surface area contributed by atoms with Crippen LogP contribution in [0.2, 0.25) is 0 Å². The maximum Gasteiger partial charge on any atom is 0.338 e. The predicted octanol–water partition coefficient (Wildman–Crippen LogP) is 1.62. The van der Waals surface area contributed by atoms with Crippen LogP contribution in [0, 0.1) is 5.92 Å². The number of aromatic nitrogens is 1. The lowest BCUT2D eigenvalue weighted by Crippen LogP contribution is -2.43. The third-order valence-electron chi connectivity index (χ3n) is 3.62. The predicted molar refractivity (Wildman–Crippen MR) is 74.3 cm³/mol. The minimum Gasteiger partial charge on any atom is -0.465 e. The normalized spacial score (nSPS) is 23.9. The summed E-state index contributed by atoms with van der Waals surface area (Å²) in [5.41, 5.74) is 0.528. The van der Waals surface area contributed by atoms with Gasteiger partial charge in [0.1, 0.15) is 5.82 Å². The molecule has 0 aromatic carbocycles. The summed E-state index contributed by atoms with van der Waals surface area (Å²) < 4.78 is 4.72. The first-order chi connectivity index (χ1) is 9.10. The van der Waals surface area contributed by atoms with E-state index in [2.05, 4.69) is 29.2 Å². The average molecular weight is 263 g/mol. The van der Waals surface area contributed by atoms with Crippen molar-refractivity contribution in [3.8, 4) is 0 Å². The molecule has 1 aliphatic heterocycles. The SMILES string of the molecule is COC(=O)c1ccnc(NC2CCN(C)CC2C)c1. The molecule has 0 radical (unpaired) electrons. The molecule has 2 atom stereocenters. The molecule has 0 spiro atoms. The first kappa shape index (κ1) is 13.8. The van der Waals surface area contributed by atoms with Gasteiger partial charge in [0.05, 0.1) is 12.7 Å². The number of piperidine rings is 1. The summed E-state index contributed by atoms with van der Waals surface area (Å²) in [4.78, 5) is 18.1. The number of hydrogen-bond acceptors (Lipinski definition) is 5. The van der Waals surface area contributed by atoms with Crippen LogP contribution >= 0.6 is 0 Å². The quantitative estimate of drug-likeness (QED) is 0.840. The van der Waals surface area contributed by atoms with E-state index in [-0.39, 0.29) is 5.97 Å². The zero-order chi connectivity index (χ0) is 13.8. The van der Waals surface area contributed by atoms with Gasteiger partial charge in [0.2, 0.25) is 0 Å². The molecule has 1 fully saturated rings. The van der Waals surface area contributed by atoms with Gasteiger partial charge in [-0.2, -0.15) is 0 Å². The Balaban J connectivity index is 2.04. The number of rotatable bonds is 3. The molecule has 0 bridgehead atoms. The summed E-state index contributed by atoms with van der Waals surface area (Å²) in [6, 6.07) is 3.81. The topological polar surface area (TPSA) is 54.5 Å². The zero-order valence-electron chi connectivity index (χ0n) is 11.7. The van der Waals surface area contributed by atoms with Crippen LogP contribution in [0.4, 0.5) is 5.82 Å². The molecule has 1 saturated heterocycles. The van der Waals surface area contributed by atoms with E-state index >= 15 is 0 Å². The Morgan fingerprint density at radius 3 is 3.05 bits per heavy atom. The van der Waals surface area contributed by atoms with E-state index in [1.54, 1.807) is 18.3 Å². The van der Waals surface area contributed by atoms with Crippen molar-refractivity contribution in [1.29, 1.82) is 0 Å². The summed E-state index contributed by atoms with van der Waals surface area (Å²) in [5, 5.41) is 3.42. The molecule has 5 nitrogen and oxygen atoms in total. The third-order valence-corrected chi connectivity index (χ3v) is 3.62. The molecule has 1 aromatic heterocycles. The Bertz CT molecular complexity index is 450. The first-order valence-corrected chi connectivity index (χ1v) is 6.59. The van der Waals surface area contributed by atoms with Crippen molar-refractivity contribution in [2.24, 2.45) is 5.92 Å². The molecule has 2 rings (SSSR count). The van der Waals surface area contributed by atoms with Gasteiger partial charge in [0.15, 0.2) is 0 Å². The number of pyridine rings is 1. The van der Waals surface area contributed by atoms with Crippen molar-refractivity contribution in [1.82, 2.24) is 9.88 Å². The van der Waals surface area contributed by atoms with Gasteiger partial charge in [-0.1, -0.05) is 6.92 Å². The van der Waals surface area contributed by atoms with E-state index in [9.17, 15) is 4.79 Å². The van der Waals surface area contributed by atoms with Crippen molar-refractivity contribution in [2.45, 2.75) is 19.4 Å². The van der Waals surface area contributed by atoms with Crippen LogP contribution in [0.5, 0.6) is 0 Å². The fourth-order valence-electron chi connectivity index (χ4n) is 2.51. The number of nitrogens with zero attached hydrogens (tertiary/aromatic N) is 2. The Morgan fingerprint density at radius 1 is 1.58 bits per heavy atom. The van der Waals surface area contributed by atoms with Crippen molar-refractivity contribution >= 4 is 11.8 Å². The molecule has 0 saturated carbocycles. The van der Waals surface area contributed by atoms with Crippen molar-refractivity contribution < 1.29 is 9.53 Å². The van der Waals surface area contributed by atoms with Gasteiger partial charge in [0, 0.05) is 18.8 Å². The first-order valence-electron chi connectivity index (χ1n) is 6.59. The second-order valence-electron chi connectivity index (χ2n) is 5.20. The fourth-order valence-corrected chi connectivity index (χ4v) is 2.51. The van der Waals surface area contributed by atoms with E-state index in [0.29, 0.717) is 17.5 Å². The lowest BCUT2D eigenvalue weighted by molar-refractivity contribution is 0.0600. The van der Waals surface area contributed by atoms with Crippen LogP contribution in [-0.2, 0) is 4.74 Å².